The van der Waals surface area contributed by atoms with E-state index in [2.05, 4.69) is 0 Å². The van der Waals surface area contributed by atoms with E-state index < -0.39 is 16.0 Å². The summed E-state index contributed by atoms with van der Waals surface area (Å²) in [4.78, 5) is 24.4. The van der Waals surface area contributed by atoms with Gasteiger partial charge in [0.25, 0.3) is 0 Å². The van der Waals surface area contributed by atoms with Crippen LogP contribution < -0.4 is 0 Å². The van der Waals surface area contributed by atoms with Gasteiger partial charge >= 0.3 is 5.97 Å². The molecule has 0 aliphatic carbocycles. The van der Waals surface area contributed by atoms with Crippen molar-refractivity contribution in [1.29, 1.82) is 0 Å². The van der Waals surface area contributed by atoms with Crippen LogP contribution in [0.3, 0.4) is 0 Å². The number of benzene rings is 1. The fraction of sp³-hybridized carbons (Fsp3) is 0.529. The number of sulfonamides is 1. The first-order chi connectivity index (χ1) is 11.6. The fourth-order valence-electron chi connectivity index (χ4n) is 3.16. The smallest absolute Gasteiger partial charge is 0.323 e. The quantitative estimate of drug-likeness (QED) is 0.844. The SMILES string of the molecule is Cc1ccc(S(=O)(=O)N2CCC(C(=O)N(C)CC(=O)O)CC2)c(C)c1. The van der Waals surface area contributed by atoms with Gasteiger partial charge in [0.1, 0.15) is 6.54 Å². The van der Waals surface area contributed by atoms with Crippen molar-refractivity contribution in [2.45, 2.75) is 31.6 Å². The van der Waals surface area contributed by atoms with E-state index in [1.807, 2.05) is 13.0 Å². The van der Waals surface area contributed by atoms with Gasteiger partial charge in [0.2, 0.25) is 15.9 Å². The van der Waals surface area contributed by atoms with Crippen LogP contribution in [0.5, 0.6) is 0 Å². The number of carbonyl (C=O) groups is 2. The first-order valence-corrected chi connectivity index (χ1v) is 9.61. The van der Waals surface area contributed by atoms with Gasteiger partial charge in [0.15, 0.2) is 0 Å². The van der Waals surface area contributed by atoms with E-state index in [1.54, 1.807) is 19.1 Å². The van der Waals surface area contributed by atoms with Crippen LogP contribution >= 0.6 is 0 Å². The Balaban J connectivity index is 2.06. The molecule has 0 bridgehead atoms. The lowest BCUT2D eigenvalue weighted by Gasteiger charge is -2.32. The summed E-state index contributed by atoms with van der Waals surface area (Å²) in [6.45, 7) is 3.85. The third kappa shape index (κ3) is 4.38. The van der Waals surface area contributed by atoms with E-state index in [0.29, 0.717) is 23.3 Å². The highest BCUT2D eigenvalue weighted by Gasteiger charge is 2.34. The van der Waals surface area contributed by atoms with Crippen molar-refractivity contribution < 1.29 is 23.1 Å². The van der Waals surface area contributed by atoms with Crippen LogP contribution in [-0.2, 0) is 19.6 Å². The highest BCUT2D eigenvalue weighted by atomic mass is 32.2. The molecule has 1 aliphatic rings. The number of carboxylic acid groups (broad SMARTS) is 1. The van der Waals surface area contributed by atoms with Gasteiger partial charge in [-0.05, 0) is 38.3 Å². The topological polar surface area (TPSA) is 95.0 Å². The van der Waals surface area contributed by atoms with Gasteiger partial charge < -0.3 is 10.0 Å². The average Bonchev–Trinajstić information content (AvgIpc) is 2.53. The van der Waals surface area contributed by atoms with Crippen molar-refractivity contribution in [3.63, 3.8) is 0 Å². The van der Waals surface area contributed by atoms with E-state index in [1.165, 1.54) is 16.3 Å². The van der Waals surface area contributed by atoms with Gasteiger partial charge in [0, 0.05) is 26.1 Å². The summed E-state index contributed by atoms with van der Waals surface area (Å²) in [6.07, 6.45) is 0.792. The molecule has 0 spiro atoms. The number of hydrogen-bond acceptors (Lipinski definition) is 4. The molecule has 2 rings (SSSR count). The van der Waals surface area contributed by atoms with E-state index in [0.717, 1.165) is 5.56 Å². The lowest BCUT2D eigenvalue weighted by atomic mass is 9.97. The van der Waals surface area contributed by atoms with E-state index in [-0.39, 0.29) is 31.5 Å². The number of aryl methyl sites for hydroxylation is 2. The van der Waals surface area contributed by atoms with E-state index >= 15 is 0 Å². The van der Waals surface area contributed by atoms with Gasteiger partial charge in [-0.2, -0.15) is 4.31 Å². The third-order valence-corrected chi connectivity index (χ3v) is 6.56. The van der Waals surface area contributed by atoms with Gasteiger partial charge in [-0.1, -0.05) is 17.7 Å². The molecular formula is C17H24N2O5S. The normalized spacial score (nSPS) is 16.6. The Morgan fingerprint density at radius 2 is 1.84 bits per heavy atom. The van der Waals surface area contributed by atoms with Crippen molar-refractivity contribution >= 4 is 21.9 Å². The number of carbonyl (C=O) groups excluding carboxylic acids is 1. The Morgan fingerprint density at radius 1 is 1.24 bits per heavy atom. The van der Waals surface area contributed by atoms with Crippen molar-refractivity contribution in [1.82, 2.24) is 9.21 Å². The minimum Gasteiger partial charge on any atom is -0.480 e. The maximum absolute atomic E-state index is 12.8. The number of hydrogen-bond donors (Lipinski definition) is 1. The highest BCUT2D eigenvalue weighted by Crippen LogP contribution is 2.26. The zero-order chi connectivity index (χ0) is 18.8. The molecular weight excluding hydrogens is 344 g/mol. The molecule has 1 heterocycles. The summed E-state index contributed by atoms with van der Waals surface area (Å²) < 4.78 is 27.1. The van der Waals surface area contributed by atoms with Crippen LogP contribution in [-0.4, -0.2) is 61.3 Å². The standard InChI is InChI=1S/C17H24N2O5S/c1-12-4-5-15(13(2)10-12)25(23,24)19-8-6-14(7-9-19)17(22)18(3)11-16(20)21/h4-5,10,14H,6-9,11H2,1-3H3,(H,20,21). The number of piperidine rings is 1. The van der Waals surface area contributed by atoms with E-state index in [9.17, 15) is 18.0 Å². The number of aliphatic carboxylic acids is 1. The highest BCUT2D eigenvalue weighted by molar-refractivity contribution is 7.89. The summed E-state index contributed by atoms with van der Waals surface area (Å²) in [5, 5.41) is 8.77. The summed E-state index contributed by atoms with van der Waals surface area (Å²) >= 11 is 0. The van der Waals surface area contributed by atoms with Gasteiger partial charge in [0.05, 0.1) is 4.90 Å². The maximum atomic E-state index is 12.8. The molecule has 0 radical (unpaired) electrons. The Kier molecular flexibility index (Phi) is 5.84. The van der Waals surface area contributed by atoms with Crippen LogP contribution in [0.4, 0.5) is 0 Å². The van der Waals surface area contributed by atoms with Gasteiger partial charge in [-0.3, -0.25) is 9.59 Å². The Bertz CT molecular complexity index is 767. The third-order valence-electron chi connectivity index (χ3n) is 4.50. The minimum atomic E-state index is -3.58. The zero-order valence-corrected chi connectivity index (χ0v) is 15.5. The van der Waals surface area contributed by atoms with Crippen LogP contribution in [0.25, 0.3) is 0 Å². The summed E-state index contributed by atoms with van der Waals surface area (Å²) in [5.41, 5.74) is 1.71. The summed E-state index contributed by atoms with van der Waals surface area (Å²) in [5.74, 6) is -1.65. The molecule has 0 atom stereocenters. The average molecular weight is 368 g/mol. The van der Waals surface area contributed by atoms with Crippen LogP contribution in [0, 0.1) is 19.8 Å². The fourth-order valence-corrected chi connectivity index (χ4v) is 4.84. The van der Waals surface area contributed by atoms with Crippen molar-refractivity contribution in [3.8, 4) is 0 Å². The minimum absolute atomic E-state index is 0.244. The zero-order valence-electron chi connectivity index (χ0n) is 14.7. The molecule has 1 aliphatic heterocycles. The molecule has 8 heteroatoms. The lowest BCUT2D eigenvalue weighted by Crippen LogP contribution is -2.44. The number of likely N-dealkylation sites (N-methyl/N-ethyl adjacent to an activating group) is 1. The molecule has 1 aromatic carbocycles. The lowest BCUT2D eigenvalue weighted by molar-refractivity contribution is -0.145. The molecule has 1 N–H and O–H groups in total. The Labute approximate surface area is 148 Å². The molecule has 1 aromatic rings. The second-order valence-electron chi connectivity index (χ2n) is 6.54. The second kappa shape index (κ2) is 7.53. The molecule has 0 unspecified atom stereocenters. The number of amides is 1. The number of rotatable bonds is 5. The largest absolute Gasteiger partial charge is 0.480 e. The van der Waals surface area contributed by atoms with Crippen molar-refractivity contribution in [2.24, 2.45) is 5.92 Å². The number of nitrogens with zero attached hydrogens (tertiary/aromatic N) is 2. The Hall–Kier alpha value is -1.93. The molecule has 0 saturated carbocycles. The predicted octanol–water partition coefficient (Wildman–Crippen LogP) is 1.25. The maximum Gasteiger partial charge on any atom is 0.323 e. The van der Waals surface area contributed by atoms with Crippen molar-refractivity contribution in [3.05, 3.63) is 29.3 Å². The predicted molar refractivity (Wildman–Crippen MR) is 92.7 cm³/mol. The molecule has 7 nitrogen and oxygen atoms in total. The Morgan fingerprint density at radius 3 is 2.36 bits per heavy atom. The van der Waals surface area contributed by atoms with Crippen molar-refractivity contribution in [2.75, 3.05) is 26.7 Å². The summed E-state index contributed by atoms with van der Waals surface area (Å²) in [7, 11) is -2.13. The molecule has 1 saturated heterocycles. The molecule has 25 heavy (non-hydrogen) atoms. The van der Waals surface area contributed by atoms with Gasteiger partial charge in [-0.15, -0.1) is 0 Å². The summed E-state index contributed by atoms with van der Waals surface area (Å²) in [6, 6.07) is 5.24. The van der Waals surface area contributed by atoms with Crippen LogP contribution in [0.2, 0.25) is 0 Å². The molecule has 138 valence electrons. The van der Waals surface area contributed by atoms with E-state index in [4.69, 9.17) is 5.11 Å². The molecule has 1 fully saturated rings. The van der Waals surface area contributed by atoms with Crippen LogP contribution in [0.15, 0.2) is 23.1 Å². The first-order valence-electron chi connectivity index (χ1n) is 8.17. The second-order valence-corrected chi connectivity index (χ2v) is 8.44. The molecule has 0 aromatic heterocycles. The molecule has 1 amide bonds. The number of carboxylic acids is 1. The van der Waals surface area contributed by atoms with Crippen LogP contribution in [0.1, 0.15) is 24.0 Å². The first kappa shape index (κ1) is 19.4. The monoisotopic (exact) mass is 368 g/mol. The van der Waals surface area contributed by atoms with Gasteiger partial charge in [-0.25, -0.2) is 8.42 Å².